The predicted molar refractivity (Wildman–Crippen MR) is 208 cm³/mol. The Labute approximate surface area is 286 Å². The van der Waals surface area contributed by atoms with E-state index in [9.17, 15) is 0 Å². The molecule has 10 rings (SSSR count). The van der Waals surface area contributed by atoms with Crippen LogP contribution in [-0.2, 0) is 5.41 Å². The Hall–Kier alpha value is -6.12. The van der Waals surface area contributed by atoms with Crippen LogP contribution in [0.15, 0.2) is 170 Å². The minimum atomic E-state index is -0.175. The summed E-state index contributed by atoms with van der Waals surface area (Å²) in [5, 5.41) is 7.54. The van der Waals surface area contributed by atoms with E-state index in [1.165, 1.54) is 88.4 Å². The lowest BCUT2D eigenvalue weighted by molar-refractivity contribution is 0.632. The lowest BCUT2D eigenvalue weighted by atomic mass is 9.73. The van der Waals surface area contributed by atoms with Crippen molar-refractivity contribution in [1.29, 1.82) is 0 Å². The maximum atomic E-state index is 2.45. The summed E-state index contributed by atoms with van der Waals surface area (Å²) >= 11 is 0. The summed E-state index contributed by atoms with van der Waals surface area (Å²) in [4.78, 5) is 2.45. The molecule has 0 fully saturated rings. The molecule has 0 aliphatic carbocycles. The van der Waals surface area contributed by atoms with Crippen LogP contribution in [0.25, 0.3) is 60.2 Å². The van der Waals surface area contributed by atoms with Crippen LogP contribution in [0.3, 0.4) is 0 Å². The summed E-state index contributed by atoms with van der Waals surface area (Å²) in [6, 6.07) is 62.6. The van der Waals surface area contributed by atoms with Gasteiger partial charge in [-0.2, -0.15) is 0 Å². The van der Waals surface area contributed by atoms with E-state index in [0.717, 1.165) is 0 Å². The molecule has 0 bridgehead atoms. The van der Waals surface area contributed by atoms with Gasteiger partial charge < -0.3 is 9.47 Å². The third-order valence-corrected chi connectivity index (χ3v) is 10.7. The average molecular weight is 627 g/mol. The van der Waals surface area contributed by atoms with E-state index >= 15 is 0 Å². The fraction of sp³-hybridized carbons (Fsp3) is 0.0638. The van der Waals surface area contributed by atoms with E-state index < -0.39 is 0 Å². The molecule has 1 aromatic heterocycles. The molecule has 2 nitrogen and oxygen atoms in total. The Bertz CT molecular complexity index is 2760. The van der Waals surface area contributed by atoms with Crippen molar-refractivity contribution in [3.05, 3.63) is 181 Å². The molecule has 2 heteroatoms. The number of nitrogens with zero attached hydrogens (tertiary/aromatic N) is 2. The average Bonchev–Trinajstić information content (AvgIpc) is 3.48. The topological polar surface area (TPSA) is 8.17 Å². The summed E-state index contributed by atoms with van der Waals surface area (Å²) in [6.45, 7) is 4.74. The van der Waals surface area contributed by atoms with Gasteiger partial charge in [0.25, 0.3) is 0 Å². The summed E-state index contributed by atoms with van der Waals surface area (Å²) < 4.78 is 2.41. The minimum Gasteiger partial charge on any atom is -0.310 e. The monoisotopic (exact) mass is 626 g/mol. The third-order valence-electron chi connectivity index (χ3n) is 10.7. The highest BCUT2D eigenvalue weighted by atomic mass is 15.2. The van der Waals surface area contributed by atoms with Crippen molar-refractivity contribution in [3.63, 3.8) is 0 Å². The molecule has 0 radical (unpaired) electrons. The Morgan fingerprint density at radius 2 is 0.959 bits per heavy atom. The van der Waals surface area contributed by atoms with Gasteiger partial charge in [0, 0.05) is 27.6 Å². The van der Waals surface area contributed by atoms with Crippen molar-refractivity contribution in [3.8, 4) is 16.8 Å². The van der Waals surface area contributed by atoms with Crippen molar-refractivity contribution < 1.29 is 0 Å². The van der Waals surface area contributed by atoms with Crippen molar-refractivity contribution in [2.75, 3.05) is 4.90 Å². The molecule has 8 aromatic carbocycles. The highest BCUT2D eigenvalue weighted by molar-refractivity contribution is 6.10. The second kappa shape index (κ2) is 10.4. The van der Waals surface area contributed by atoms with Gasteiger partial charge in [0.2, 0.25) is 0 Å². The van der Waals surface area contributed by atoms with Crippen molar-refractivity contribution >= 4 is 60.4 Å². The van der Waals surface area contributed by atoms with Crippen LogP contribution in [0.4, 0.5) is 17.1 Å². The van der Waals surface area contributed by atoms with Crippen LogP contribution in [0, 0.1) is 0 Å². The lowest BCUT2D eigenvalue weighted by Gasteiger charge is -2.42. The number of fused-ring (bicyclic) bond motifs is 7. The fourth-order valence-corrected chi connectivity index (χ4v) is 8.22. The zero-order valence-corrected chi connectivity index (χ0v) is 27.6. The van der Waals surface area contributed by atoms with Gasteiger partial charge in [-0.3, -0.25) is 0 Å². The Morgan fingerprint density at radius 1 is 0.388 bits per heavy atom. The molecule has 0 N–H and O–H groups in total. The zero-order chi connectivity index (χ0) is 32.7. The van der Waals surface area contributed by atoms with Gasteiger partial charge in [0.1, 0.15) is 0 Å². The van der Waals surface area contributed by atoms with Gasteiger partial charge in [-0.1, -0.05) is 123 Å². The summed E-state index contributed by atoms with van der Waals surface area (Å²) in [5.41, 5.74) is 12.2. The van der Waals surface area contributed by atoms with E-state index in [-0.39, 0.29) is 5.41 Å². The molecule has 9 aromatic rings. The molecule has 0 saturated heterocycles. The SMILES string of the molecule is CC1(C)c2ccccc2N(c2ccc3ccccc3c2)c2ccc(-c3ccc4c(c3)c3ccccc3n4-c3ccc4ccccc4c3)cc21. The zero-order valence-electron chi connectivity index (χ0n) is 27.6. The Kier molecular flexibility index (Phi) is 5.95. The molecule has 1 aliphatic rings. The Morgan fingerprint density at radius 3 is 1.76 bits per heavy atom. The second-order valence-corrected chi connectivity index (χ2v) is 13.9. The highest BCUT2D eigenvalue weighted by Crippen LogP contribution is 2.53. The van der Waals surface area contributed by atoms with Gasteiger partial charge in [-0.25, -0.2) is 0 Å². The smallest absolute Gasteiger partial charge is 0.0541 e. The maximum absolute atomic E-state index is 2.45. The summed E-state index contributed by atoms with van der Waals surface area (Å²) in [5.74, 6) is 0. The summed E-state index contributed by atoms with van der Waals surface area (Å²) in [7, 11) is 0. The predicted octanol–water partition coefficient (Wildman–Crippen LogP) is 12.9. The van der Waals surface area contributed by atoms with Crippen molar-refractivity contribution in [2.24, 2.45) is 0 Å². The van der Waals surface area contributed by atoms with Crippen molar-refractivity contribution in [1.82, 2.24) is 4.57 Å². The number of rotatable bonds is 3. The molecule has 1 aliphatic heterocycles. The van der Waals surface area contributed by atoms with Crippen LogP contribution >= 0.6 is 0 Å². The number of benzene rings is 8. The maximum Gasteiger partial charge on any atom is 0.0541 e. The van der Waals surface area contributed by atoms with Crippen LogP contribution in [-0.4, -0.2) is 4.57 Å². The molecule has 49 heavy (non-hydrogen) atoms. The van der Waals surface area contributed by atoms with Crippen LogP contribution < -0.4 is 4.90 Å². The second-order valence-electron chi connectivity index (χ2n) is 13.9. The highest BCUT2D eigenvalue weighted by Gasteiger charge is 2.37. The van der Waals surface area contributed by atoms with Gasteiger partial charge in [-0.15, -0.1) is 0 Å². The quantitative estimate of drug-likeness (QED) is 0.189. The molecule has 0 amide bonds. The first-order valence-electron chi connectivity index (χ1n) is 17.1. The van der Waals surface area contributed by atoms with E-state index in [1.54, 1.807) is 0 Å². The van der Waals surface area contributed by atoms with Gasteiger partial charge in [-0.05, 0) is 104 Å². The van der Waals surface area contributed by atoms with Crippen LogP contribution in [0.5, 0.6) is 0 Å². The first-order chi connectivity index (χ1) is 24.0. The summed E-state index contributed by atoms with van der Waals surface area (Å²) in [6.07, 6.45) is 0. The number of hydrogen-bond donors (Lipinski definition) is 0. The van der Waals surface area contributed by atoms with Gasteiger partial charge in [0.05, 0.1) is 22.4 Å². The number of hydrogen-bond acceptors (Lipinski definition) is 1. The number of para-hydroxylation sites is 2. The van der Waals surface area contributed by atoms with Gasteiger partial charge >= 0.3 is 0 Å². The molecular weight excluding hydrogens is 593 g/mol. The molecule has 0 spiro atoms. The van der Waals surface area contributed by atoms with E-state index in [0.29, 0.717) is 0 Å². The number of aromatic nitrogens is 1. The molecular formula is C47H34N2. The first kappa shape index (κ1) is 27.9. The molecule has 0 unspecified atom stereocenters. The normalized spacial score (nSPS) is 13.6. The molecule has 0 saturated carbocycles. The van der Waals surface area contributed by atoms with Crippen LogP contribution in [0.1, 0.15) is 25.0 Å². The molecule has 232 valence electrons. The van der Waals surface area contributed by atoms with E-state index in [1.807, 2.05) is 0 Å². The molecule has 2 heterocycles. The number of anilines is 3. The fourth-order valence-electron chi connectivity index (χ4n) is 8.22. The van der Waals surface area contributed by atoms with E-state index in [4.69, 9.17) is 0 Å². The van der Waals surface area contributed by atoms with Crippen LogP contribution in [0.2, 0.25) is 0 Å². The molecule has 0 atom stereocenters. The lowest BCUT2D eigenvalue weighted by Crippen LogP contribution is -2.30. The minimum absolute atomic E-state index is 0.175. The Balaban J connectivity index is 1.15. The van der Waals surface area contributed by atoms with Crippen molar-refractivity contribution in [2.45, 2.75) is 19.3 Å². The first-order valence-corrected chi connectivity index (χ1v) is 17.1. The standard InChI is InChI=1S/C47H34N2/c1-47(2)41-16-8-10-18-45(41)49(38-24-20-32-12-4-6-14-34(32)28-38)46-26-22-36(30-42(46)47)35-21-25-44-40(29-35)39-15-7-9-17-43(39)48(44)37-23-19-31-11-3-5-13-33(31)27-37/h3-30H,1-2H3. The third kappa shape index (κ3) is 4.20. The van der Waals surface area contributed by atoms with E-state index in [2.05, 4.69) is 193 Å². The largest absolute Gasteiger partial charge is 0.310 e. The van der Waals surface area contributed by atoms with Gasteiger partial charge in [0.15, 0.2) is 0 Å².